The van der Waals surface area contributed by atoms with E-state index in [1.165, 1.54) is 0 Å². The molecule has 3 nitrogen and oxygen atoms in total. The first-order valence-corrected chi connectivity index (χ1v) is 5.42. The maximum Gasteiger partial charge on any atom is 0.266 e. The third-order valence-corrected chi connectivity index (χ3v) is 2.21. The molecule has 3 heteroatoms. The van der Waals surface area contributed by atoms with Crippen LogP contribution in [-0.4, -0.2) is 9.78 Å². The van der Waals surface area contributed by atoms with Gasteiger partial charge in [0.1, 0.15) is 0 Å². The van der Waals surface area contributed by atoms with Crippen molar-refractivity contribution < 1.29 is 0 Å². The van der Waals surface area contributed by atoms with Gasteiger partial charge in [0, 0.05) is 18.3 Å². The van der Waals surface area contributed by atoms with E-state index in [-0.39, 0.29) is 5.56 Å². The zero-order chi connectivity index (χ0) is 10.6. The quantitative estimate of drug-likeness (QED) is 0.770. The van der Waals surface area contributed by atoms with Crippen molar-refractivity contribution in [1.82, 2.24) is 9.78 Å². The zero-order valence-corrected chi connectivity index (χ0v) is 9.34. The molecule has 1 rings (SSSR count). The van der Waals surface area contributed by atoms with Crippen molar-refractivity contribution >= 4 is 0 Å². The first-order valence-electron chi connectivity index (χ1n) is 5.42. The average Bonchev–Trinajstić information content (AvgIpc) is 2.41. The van der Waals surface area contributed by atoms with E-state index in [4.69, 9.17) is 0 Å². The third kappa shape index (κ3) is 3.05. The minimum absolute atomic E-state index is 0.106. The normalized spacial score (nSPS) is 11.1. The highest BCUT2D eigenvalue weighted by Crippen LogP contribution is 2.02. The molecule has 14 heavy (non-hydrogen) atoms. The molecule has 1 N–H and O–H groups in total. The van der Waals surface area contributed by atoms with Gasteiger partial charge in [-0.3, -0.25) is 14.6 Å². The number of unbranched alkanes of at least 4 members (excludes halogenated alkanes) is 1. The summed E-state index contributed by atoms with van der Waals surface area (Å²) in [5.74, 6) is 0.590. The molecule has 0 bridgehead atoms. The molecule has 0 amide bonds. The van der Waals surface area contributed by atoms with Crippen molar-refractivity contribution in [1.29, 1.82) is 0 Å². The van der Waals surface area contributed by atoms with Crippen LogP contribution < -0.4 is 5.56 Å². The lowest BCUT2D eigenvalue weighted by molar-refractivity contribution is 0.542. The van der Waals surface area contributed by atoms with Gasteiger partial charge in [-0.15, -0.1) is 0 Å². The minimum Gasteiger partial charge on any atom is -0.300 e. The summed E-state index contributed by atoms with van der Waals surface area (Å²) in [6, 6.07) is 1.72. The fourth-order valence-electron chi connectivity index (χ4n) is 1.51. The molecule has 0 saturated carbocycles. The Morgan fingerprint density at radius 2 is 2.21 bits per heavy atom. The molecular formula is C11H20N2O. The molecule has 1 aromatic heterocycles. The fourth-order valence-corrected chi connectivity index (χ4v) is 1.51. The first kappa shape index (κ1) is 11.1. The lowest BCUT2D eigenvalue weighted by atomic mass is 10.1. The van der Waals surface area contributed by atoms with E-state index in [0.717, 1.165) is 31.5 Å². The zero-order valence-electron chi connectivity index (χ0n) is 9.34. The van der Waals surface area contributed by atoms with Gasteiger partial charge in [0.25, 0.3) is 5.56 Å². The van der Waals surface area contributed by atoms with E-state index < -0.39 is 0 Å². The van der Waals surface area contributed by atoms with E-state index in [0.29, 0.717) is 5.92 Å². The van der Waals surface area contributed by atoms with Gasteiger partial charge in [0.15, 0.2) is 0 Å². The van der Waals surface area contributed by atoms with Crippen molar-refractivity contribution in [2.75, 3.05) is 0 Å². The van der Waals surface area contributed by atoms with Gasteiger partial charge >= 0.3 is 0 Å². The molecule has 1 aromatic rings. The van der Waals surface area contributed by atoms with Gasteiger partial charge in [0.05, 0.1) is 0 Å². The Kier molecular flexibility index (Phi) is 3.98. The molecule has 0 aliphatic carbocycles. The topological polar surface area (TPSA) is 37.8 Å². The Morgan fingerprint density at radius 1 is 1.50 bits per heavy atom. The highest BCUT2D eigenvalue weighted by molar-refractivity contribution is 5.00. The average molecular weight is 196 g/mol. The molecule has 0 saturated heterocycles. The number of H-pyrrole nitrogens is 1. The number of hydrogen-bond donors (Lipinski definition) is 1. The number of nitrogens with one attached hydrogen (secondary N) is 1. The van der Waals surface area contributed by atoms with Crippen molar-refractivity contribution in [3.8, 4) is 0 Å². The second-order valence-corrected chi connectivity index (χ2v) is 4.22. The van der Waals surface area contributed by atoms with Gasteiger partial charge in [-0.2, -0.15) is 0 Å². The molecule has 0 spiro atoms. The summed E-state index contributed by atoms with van der Waals surface area (Å²) in [6.45, 7) is 7.25. The SMILES string of the molecule is CCCCn1[nH]c(CC(C)C)cc1=O. The smallest absolute Gasteiger partial charge is 0.266 e. The van der Waals surface area contributed by atoms with Gasteiger partial charge in [-0.1, -0.05) is 27.2 Å². The van der Waals surface area contributed by atoms with Gasteiger partial charge < -0.3 is 0 Å². The van der Waals surface area contributed by atoms with Crippen LogP contribution in [-0.2, 0) is 13.0 Å². The summed E-state index contributed by atoms with van der Waals surface area (Å²) < 4.78 is 1.71. The Balaban J connectivity index is 2.67. The maximum absolute atomic E-state index is 11.5. The van der Waals surface area contributed by atoms with E-state index in [2.05, 4.69) is 25.9 Å². The molecule has 0 aliphatic heterocycles. The number of aromatic amines is 1. The molecule has 0 unspecified atom stereocenters. The molecule has 1 heterocycles. The molecule has 0 aromatic carbocycles. The highest BCUT2D eigenvalue weighted by atomic mass is 16.1. The second kappa shape index (κ2) is 5.03. The standard InChI is InChI=1S/C11H20N2O/c1-4-5-6-13-11(14)8-10(12-13)7-9(2)3/h8-9,12H,4-7H2,1-3H3. The largest absolute Gasteiger partial charge is 0.300 e. The number of nitrogens with zero attached hydrogens (tertiary/aromatic N) is 1. The number of aromatic nitrogens is 2. The lowest BCUT2D eigenvalue weighted by Gasteiger charge is -2.02. The van der Waals surface area contributed by atoms with Crippen LogP contribution in [0.5, 0.6) is 0 Å². The Labute approximate surface area is 85.1 Å². The summed E-state index contributed by atoms with van der Waals surface area (Å²) in [5.41, 5.74) is 1.16. The van der Waals surface area contributed by atoms with Crippen molar-refractivity contribution in [3.63, 3.8) is 0 Å². The molecule has 0 fully saturated rings. The van der Waals surface area contributed by atoms with Crippen LogP contribution in [0.15, 0.2) is 10.9 Å². The first-order chi connectivity index (χ1) is 6.63. The van der Waals surface area contributed by atoms with E-state index in [9.17, 15) is 4.79 Å². The lowest BCUT2D eigenvalue weighted by Crippen LogP contribution is -2.15. The predicted molar refractivity (Wildman–Crippen MR) is 58.5 cm³/mol. The van der Waals surface area contributed by atoms with Crippen LogP contribution in [0.3, 0.4) is 0 Å². The number of hydrogen-bond acceptors (Lipinski definition) is 1. The minimum atomic E-state index is 0.106. The van der Waals surface area contributed by atoms with Crippen LogP contribution in [0, 0.1) is 5.92 Å². The van der Waals surface area contributed by atoms with E-state index >= 15 is 0 Å². The third-order valence-electron chi connectivity index (χ3n) is 2.21. The Hall–Kier alpha value is -0.990. The molecular weight excluding hydrogens is 176 g/mol. The molecule has 0 atom stereocenters. The van der Waals surface area contributed by atoms with Gasteiger partial charge in [-0.05, 0) is 18.8 Å². The molecule has 0 radical (unpaired) electrons. The van der Waals surface area contributed by atoms with Crippen LogP contribution in [0.25, 0.3) is 0 Å². The van der Waals surface area contributed by atoms with Crippen LogP contribution in [0.1, 0.15) is 39.3 Å². The summed E-state index contributed by atoms with van der Waals surface area (Å²) in [6.07, 6.45) is 3.13. The maximum atomic E-state index is 11.5. The predicted octanol–water partition coefficient (Wildman–Crippen LogP) is 2.17. The van der Waals surface area contributed by atoms with Crippen molar-refractivity contribution in [2.45, 2.75) is 46.6 Å². The second-order valence-electron chi connectivity index (χ2n) is 4.22. The van der Waals surface area contributed by atoms with Crippen LogP contribution in [0.4, 0.5) is 0 Å². The molecule has 0 aliphatic rings. The van der Waals surface area contributed by atoms with Crippen LogP contribution in [0.2, 0.25) is 0 Å². The van der Waals surface area contributed by atoms with Gasteiger partial charge in [-0.25, -0.2) is 0 Å². The Bertz CT molecular complexity index is 322. The van der Waals surface area contributed by atoms with Crippen molar-refractivity contribution in [2.24, 2.45) is 5.92 Å². The Morgan fingerprint density at radius 3 is 2.79 bits per heavy atom. The van der Waals surface area contributed by atoms with E-state index in [1.54, 1.807) is 10.7 Å². The summed E-state index contributed by atoms with van der Waals surface area (Å²) >= 11 is 0. The monoisotopic (exact) mass is 196 g/mol. The molecule has 80 valence electrons. The number of rotatable bonds is 5. The summed E-state index contributed by atoms with van der Waals surface area (Å²) in [4.78, 5) is 11.5. The summed E-state index contributed by atoms with van der Waals surface area (Å²) in [7, 11) is 0. The number of aryl methyl sites for hydroxylation is 1. The van der Waals surface area contributed by atoms with Crippen LogP contribution >= 0.6 is 0 Å². The highest BCUT2D eigenvalue weighted by Gasteiger charge is 2.03. The van der Waals surface area contributed by atoms with E-state index in [1.807, 2.05) is 0 Å². The fraction of sp³-hybridized carbons (Fsp3) is 0.727. The van der Waals surface area contributed by atoms with Crippen molar-refractivity contribution in [3.05, 3.63) is 22.1 Å². The van der Waals surface area contributed by atoms with Gasteiger partial charge in [0.2, 0.25) is 0 Å². The summed E-state index contributed by atoms with van der Waals surface area (Å²) in [5, 5.41) is 3.15.